The van der Waals surface area contributed by atoms with Crippen molar-refractivity contribution in [3.05, 3.63) is 97.9 Å². The number of carboxylic acid groups (broad SMARTS) is 1. The molecule has 0 saturated carbocycles. The van der Waals surface area contributed by atoms with Crippen molar-refractivity contribution < 1.29 is 48.0 Å². The van der Waals surface area contributed by atoms with Gasteiger partial charge in [0.1, 0.15) is 7.05 Å². The molecular weight excluding hydrogens is 1190 g/mol. The van der Waals surface area contributed by atoms with Crippen molar-refractivity contribution >= 4 is 120 Å². The summed E-state index contributed by atoms with van der Waals surface area (Å²) >= 11 is 9.77. The lowest BCUT2D eigenvalue weighted by Gasteiger charge is -2.29. The van der Waals surface area contributed by atoms with Gasteiger partial charge in [0.05, 0.1) is 17.6 Å². The Kier molecular flexibility index (Phi) is 17.7. The minimum absolute atomic E-state index is 0. The Balaban J connectivity index is 0.00000676. The Bertz CT molecular complexity index is 1720. The van der Waals surface area contributed by atoms with Crippen molar-refractivity contribution in [3.8, 4) is 0 Å². The number of carbonyl (C=O) groups excluding carboxylic acids is 1. The van der Waals surface area contributed by atoms with E-state index < -0.39 is 5.97 Å². The molecule has 2 atom stereocenters. The molecule has 0 amide bonds. The Morgan fingerprint density at radius 2 is 1.44 bits per heavy atom. The summed E-state index contributed by atoms with van der Waals surface area (Å²) in [5.41, 5.74) is 7.57. The number of allylic oxidation sites excluding steroid dienone is 8. The lowest BCUT2D eigenvalue weighted by molar-refractivity contribution is -0.401. The smallest absolute Gasteiger partial charge is 0.303 e. The zero-order chi connectivity index (χ0) is 35.8. The van der Waals surface area contributed by atoms with Gasteiger partial charge in [-0.25, -0.2) is 0 Å². The molecule has 2 aliphatic heterocycles. The first kappa shape index (κ1) is 43.9. The molecule has 0 fully saturated rings. The van der Waals surface area contributed by atoms with Crippen LogP contribution in [0.5, 0.6) is 0 Å². The van der Waals surface area contributed by atoms with Gasteiger partial charge in [0.15, 0.2) is 5.71 Å². The first-order chi connectivity index (χ1) is 23.3. The maximum absolute atomic E-state index is 11.0. The predicted octanol–water partition coefficient (Wildman–Crippen LogP) is 7.82. The van der Waals surface area contributed by atoms with Gasteiger partial charge in [-0.05, 0) is 154 Å². The number of fused-ring (bicyclic) bond motifs is 2. The van der Waals surface area contributed by atoms with Gasteiger partial charge in [-0.3, -0.25) is 9.59 Å². The van der Waals surface area contributed by atoms with Gasteiger partial charge in [-0.2, -0.15) is 4.58 Å². The number of carboxylic acids is 1. The summed E-state index contributed by atoms with van der Waals surface area (Å²) in [6.45, 7) is 5.71. The number of halogens is 5. The fraction of sp³-hybridized carbons (Fsp3) is 0.410. The van der Waals surface area contributed by atoms with E-state index in [0.29, 0.717) is 19.5 Å². The normalized spacial score (nSPS) is 20.7. The summed E-state index contributed by atoms with van der Waals surface area (Å²) in [7, 11) is 4.33. The second-order valence-electron chi connectivity index (χ2n) is 13.1. The molecule has 0 aromatic heterocycles. The summed E-state index contributed by atoms with van der Waals surface area (Å²) in [5.74, 6) is -0.720. The fourth-order valence-corrected chi connectivity index (χ4v) is 12.2. The average Bonchev–Trinajstić information content (AvgIpc) is 3.37. The standard InChI is InChI=1S/C39H44I4N2O4.HI/c1-38(19-13-8-12-18-35(47)48)33(44(3)31-24-27(40)22-29(42)36(31)38)16-10-6-5-7-11-17-34-39(2,20-14-9-15-21-49-26-46)37-30(43)23-28(41)25-32(37)45(34)4;/h5-7,10-11,16-17,22-26H,8-9,12-15,18-21H2,1-4H3;1H. The molecule has 2 heterocycles. The van der Waals surface area contributed by atoms with Crippen LogP contribution in [0.4, 0.5) is 11.4 Å². The topological polar surface area (TPSA) is 69.8 Å². The molecule has 1 N–H and O–H groups in total. The maximum atomic E-state index is 11.0. The van der Waals surface area contributed by atoms with E-state index in [2.05, 4.69) is 195 Å². The molecule has 2 aromatic rings. The SMILES string of the molecule is CN1\C(=C/C=C/C=C/C=C/C2=[N+](C)c3cc(I)cc(I)c3C2(C)CCCCCOC=O)C(C)(CCCCCC(=O)O)c2c(I)cc(I)cc21.[I-]. The van der Waals surface area contributed by atoms with E-state index in [0.717, 1.165) is 44.9 Å². The van der Waals surface area contributed by atoms with E-state index in [1.54, 1.807) is 0 Å². The van der Waals surface area contributed by atoms with E-state index in [1.807, 2.05) is 0 Å². The molecule has 4 rings (SSSR count). The fourth-order valence-electron chi connectivity index (χ4n) is 7.40. The lowest BCUT2D eigenvalue weighted by atomic mass is 9.75. The van der Waals surface area contributed by atoms with Crippen molar-refractivity contribution in [1.82, 2.24) is 0 Å². The molecule has 2 aliphatic rings. The highest BCUT2D eigenvalue weighted by atomic mass is 127. The van der Waals surface area contributed by atoms with Crippen LogP contribution in [0.3, 0.4) is 0 Å². The van der Waals surface area contributed by atoms with Crippen molar-refractivity contribution in [3.63, 3.8) is 0 Å². The Morgan fingerprint density at radius 1 is 0.840 bits per heavy atom. The van der Waals surface area contributed by atoms with Crippen LogP contribution in [0.1, 0.15) is 82.8 Å². The minimum atomic E-state index is -0.720. The highest BCUT2D eigenvalue weighted by Crippen LogP contribution is 2.52. The molecule has 270 valence electrons. The summed E-state index contributed by atoms with van der Waals surface area (Å²) in [5, 5.41) is 9.08. The average molecular weight is 1240 g/mol. The quantitative estimate of drug-likeness (QED) is 0.0576. The Hall–Kier alpha value is -0.540. The number of nitrogens with zero attached hydrogens (tertiary/aromatic N) is 2. The van der Waals surface area contributed by atoms with Gasteiger partial charge in [0.2, 0.25) is 5.69 Å². The number of aliphatic carboxylic acids is 1. The molecule has 0 bridgehead atoms. The molecule has 0 aliphatic carbocycles. The molecule has 2 unspecified atom stereocenters. The number of ether oxygens (including phenoxy) is 1. The van der Waals surface area contributed by atoms with Gasteiger partial charge in [0.25, 0.3) is 6.47 Å². The second kappa shape index (κ2) is 20.2. The molecule has 0 saturated heterocycles. The second-order valence-corrected chi connectivity index (χ2v) is 18.0. The largest absolute Gasteiger partial charge is 1.00 e. The van der Waals surface area contributed by atoms with Crippen LogP contribution in [0.25, 0.3) is 0 Å². The molecule has 2 aromatic carbocycles. The first-order valence-electron chi connectivity index (χ1n) is 16.7. The summed E-state index contributed by atoms with van der Waals surface area (Å²) in [6, 6.07) is 9.07. The lowest BCUT2D eigenvalue weighted by Crippen LogP contribution is -3.00. The van der Waals surface area contributed by atoms with Crippen LogP contribution in [0.15, 0.2) is 72.5 Å². The third-order valence-electron chi connectivity index (χ3n) is 9.78. The number of likely N-dealkylation sites (N-methyl/N-ethyl adjacent to an activating group) is 1. The van der Waals surface area contributed by atoms with Crippen molar-refractivity contribution in [2.24, 2.45) is 0 Å². The van der Waals surface area contributed by atoms with Crippen LogP contribution in [-0.2, 0) is 25.2 Å². The van der Waals surface area contributed by atoms with Gasteiger partial charge >= 0.3 is 5.97 Å². The third kappa shape index (κ3) is 10.4. The highest BCUT2D eigenvalue weighted by Gasteiger charge is 2.47. The number of rotatable bonds is 17. The first-order valence-corrected chi connectivity index (χ1v) is 21.0. The van der Waals surface area contributed by atoms with Crippen molar-refractivity contribution in [2.75, 3.05) is 25.6 Å². The van der Waals surface area contributed by atoms with Crippen LogP contribution in [0, 0.1) is 14.3 Å². The van der Waals surface area contributed by atoms with Crippen LogP contribution >= 0.6 is 90.4 Å². The number of benzene rings is 2. The summed E-state index contributed by atoms with van der Waals surface area (Å²) < 4.78 is 12.3. The van der Waals surface area contributed by atoms with Crippen LogP contribution < -0.4 is 28.9 Å². The number of anilines is 1. The Morgan fingerprint density at radius 3 is 2.12 bits per heavy atom. The number of carbonyl (C=O) groups is 2. The predicted molar refractivity (Wildman–Crippen MR) is 234 cm³/mol. The van der Waals surface area contributed by atoms with Crippen LogP contribution in [-0.4, -0.2) is 48.5 Å². The number of hydrogen-bond donors (Lipinski definition) is 1. The molecule has 0 spiro atoms. The third-order valence-corrected chi connectivity index (χ3v) is 12.7. The van der Waals surface area contributed by atoms with Gasteiger partial charge < -0.3 is 38.7 Å². The van der Waals surface area contributed by atoms with Crippen molar-refractivity contribution in [2.45, 2.75) is 82.5 Å². The molecule has 50 heavy (non-hydrogen) atoms. The molecular formula is C39H45I5N2O4. The number of unbranched alkanes of at least 4 members (excludes halogenated alkanes) is 4. The number of hydrogen-bond acceptors (Lipinski definition) is 4. The zero-order valence-corrected chi connectivity index (χ0v) is 39.7. The Labute approximate surface area is 369 Å². The molecule has 0 radical (unpaired) electrons. The molecule has 6 nitrogen and oxygen atoms in total. The minimum Gasteiger partial charge on any atom is -1.00 e. The van der Waals surface area contributed by atoms with Crippen molar-refractivity contribution in [1.29, 1.82) is 0 Å². The maximum Gasteiger partial charge on any atom is 0.303 e. The summed E-state index contributed by atoms with van der Waals surface area (Å²) in [4.78, 5) is 23.9. The molecule has 11 heteroatoms. The van der Waals surface area contributed by atoms with E-state index in [1.165, 1.54) is 48.2 Å². The van der Waals surface area contributed by atoms with Gasteiger partial charge in [-0.1, -0.05) is 56.1 Å². The van der Waals surface area contributed by atoms with E-state index in [-0.39, 0.29) is 41.2 Å². The van der Waals surface area contributed by atoms with E-state index >= 15 is 0 Å². The van der Waals surface area contributed by atoms with Crippen LogP contribution in [0.2, 0.25) is 0 Å². The van der Waals surface area contributed by atoms with E-state index in [9.17, 15) is 9.59 Å². The highest BCUT2D eigenvalue weighted by molar-refractivity contribution is 14.1. The van der Waals surface area contributed by atoms with Gasteiger partial charge in [0, 0.05) is 62.3 Å². The zero-order valence-electron chi connectivity index (χ0n) is 29.0. The van der Waals surface area contributed by atoms with Gasteiger partial charge in [-0.15, -0.1) is 0 Å². The van der Waals surface area contributed by atoms with E-state index in [4.69, 9.17) is 9.84 Å². The summed E-state index contributed by atoms with van der Waals surface area (Å²) in [6.07, 6.45) is 22.8. The monoisotopic (exact) mass is 1240 g/mol.